The van der Waals surface area contributed by atoms with Gasteiger partial charge in [-0.25, -0.2) is 4.79 Å². The summed E-state index contributed by atoms with van der Waals surface area (Å²) in [6.07, 6.45) is 8.12. The zero-order valence-corrected chi connectivity index (χ0v) is 17.8. The highest BCUT2D eigenvalue weighted by atomic mass is 16.2. The third-order valence-electron chi connectivity index (χ3n) is 6.68. The van der Waals surface area contributed by atoms with Gasteiger partial charge in [-0.3, -0.25) is 19.6 Å². The number of aromatic nitrogens is 1. The van der Waals surface area contributed by atoms with Crippen LogP contribution in [0, 0.1) is 5.92 Å². The highest BCUT2D eigenvalue weighted by Gasteiger charge is 2.31. The van der Waals surface area contributed by atoms with Crippen molar-refractivity contribution in [1.29, 1.82) is 0 Å². The number of urea groups is 1. The summed E-state index contributed by atoms with van der Waals surface area (Å²) in [6.45, 7) is 7.74. The number of nitrogens with zero attached hydrogens (tertiary/aromatic N) is 4. The average molecular weight is 415 g/mol. The molecule has 1 atom stereocenters. The third kappa shape index (κ3) is 5.49. The standard InChI is InChI=1S/C22H34N6O2/c29-21(24-9-14-27-15-10-25-22(27)30)19-2-1-11-28(17-19)20-5-12-26(13-6-20)16-18-3-7-23-8-4-18/h3-4,7-8,19-20H,1-2,5-6,9-17H2,(H,24,29)(H,25,30). The van der Waals surface area contributed by atoms with Gasteiger partial charge in [0.15, 0.2) is 0 Å². The van der Waals surface area contributed by atoms with Gasteiger partial charge >= 0.3 is 6.03 Å². The van der Waals surface area contributed by atoms with Crippen molar-refractivity contribution >= 4 is 11.9 Å². The molecular formula is C22H34N6O2. The largest absolute Gasteiger partial charge is 0.354 e. The third-order valence-corrected chi connectivity index (χ3v) is 6.68. The lowest BCUT2D eigenvalue weighted by molar-refractivity contribution is -0.127. The molecule has 0 radical (unpaired) electrons. The molecular weight excluding hydrogens is 380 g/mol. The molecule has 3 fully saturated rings. The van der Waals surface area contributed by atoms with Gasteiger partial charge in [-0.2, -0.15) is 0 Å². The molecule has 3 saturated heterocycles. The summed E-state index contributed by atoms with van der Waals surface area (Å²) < 4.78 is 0. The lowest BCUT2D eigenvalue weighted by Gasteiger charge is -2.42. The Morgan fingerprint density at radius 2 is 1.93 bits per heavy atom. The second-order valence-corrected chi connectivity index (χ2v) is 8.71. The van der Waals surface area contributed by atoms with Crippen molar-refractivity contribution in [2.75, 3.05) is 52.4 Å². The van der Waals surface area contributed by atoms with Crippen LogP contribution in [0.25, 0.3) is 0 Å². The SMILES string of the molecule is O=C(NCCN1CCNC1=O)C1CCCN(C2CCN(Cc3ccncc3)CC2)C1. The minimum atomic E-state index is -0.0247. The van der Waals surface area contributed by atoms with Gasteiger partial charge in [0.25, 0.3) is 0 Å². The molecule has 0 bridgehead atoms. The Morgan fingerprint density at radius 3 is 2.67 bits per heavy atom. The number of hydrogen-bond donors (Lipinski definition) is 2. The van der Waals surface area contributed by atoms with Gasteiger partial charge in [0.05, 0.1) is 5.92 Å². The van der Waals surface area contributed by atoms with Gasteiger partial charge in [-0.15, -0.1) is 0 Å². The average Bonchev–Trinajstić information content (AvgIpc) is 3.20. The number of amides is 3. The maximum Gasteiger partial charge on any atom is 0.317 e. The van der Waals surface area contributed by atoms with E-state index in [0.717, 1.165) is 52.1 Å². The normalized spacial score (nSPS) is 24.1. The van der Waals surface area contributed by atoms with E-state index in [0.29, 0.717) is 25.7 Å². The summed E-state index contributed by atoms with van der Waals surface area (Å²) in [5.41, 5.74) is 1.32. The van der Waals surface area contributed by atoms with Crippen LogP contribution >= 0.6 is 0 Å². The molecule has 0 saturated carbocycles. The van der Waals surface area contributed by atoms with E-state index in [9.17, 15) is 9.59 Å². The Hall–Kier alpha value is -2.19. The van der Waals surface area contributed by atoms with Crippen LogP contribution in [0.4, 0.5) is 4.79 Å². The summed E-state index contributed by atoms with van der Waals surface area (Å²) in [4.78, 5) is 35.2. The maximum atomic E-state index is 12.7. The molecule has 8 heteroatoms. The fraction of sp³-hybridized carbons (Fsp3) is 0.682. The van der Waals surface area contributed by atoms with Gasteiger partial charge in [-0.1, -0.05) is 0 Å². The summed E-state index contributed by atoms with van der Waals surface area (Å²) in [5.74, 6) is 0.218. The first-order valence-corrected chi connectivity index (χ1v) is 11.3. The number of piperidine rings is 2. The molecule has 0 spiro atoms. The van der Waals surface area contributed by atoms with Crippen molar-refractivity contribution in [2.45, 2.75) is 38.3 Å². The fourth-order valence-corrected chi connectivity index (χ4v) is 4.92. The predicted octanol–water partition coefficient (Wildman–Crippen LogP) is 0.899. The van der Waals surface area contributed by atoms with E-state index < -0.39 is 0 Å². The Balaban J connectivity index is 1.18. The molecule has 3 amide bonds. The Morgan fingerprint density at radius 1 is 1.13 bits per heavy atom. The van der Waals surface area contributed by atoms with E-state index in [2.05, 4.69) is 37.6 Å². The number of pyridine rings is 1. The minimum Gasteiger partial charge on any atom is -0.354 e. The van der Waals surface area contributed by atoms with Crippen LogP contribution in [-0.4, -0.2) is 90.0 Å². The molecule has 1 aromatic heterocycles. The smallest absolute Gasteiger partial charge is 0.317 e. The van der Waals surface area contributed by atoms with Crippen molar-refractivity contribution in [2.24, 2.45) is 5.92 Å². The van der Waals surface area contributed by atoms with Crippen molar-refractivity contribution in [3.63, 3.8) is 0 Å². The molecule has 2 N–H and O–H groups in total. The lowest BCUT2D eigenvalue weighted by Crippen LogP contribution is -2.51. The molecule has 0 aliphatic carbocycles. The van der Waals surface area contributed by atoms with Crippen molar-refractivity contribution in [3.8, 4) is 0 Å². The quantitative estimate of drug-likeness (QED) is 0.693. The monoisotopic (exact) mass is 414 g/mol. The lowest BCUT2D eigenvalue weighted by atomic mass is 9.93. The zero-order chi connectivity index (χ0) is 20.8. The van der Waals surface area contributed by atoms with Gasteiger partial charge in [-0.05, 0) is 63.0 Å². The highest BCUT2D eigenvalue weighted by Crippen LogP contribution is 2.24. The first kappa shape index (κ1) is 21.1. The second kappa shape index (κ2) is 10.2. The molecule has 8 nitrogen and oxygen atoms in total. The summed E-state index contributed by atoms with van der Waals surface area (Å²) in [6, 6.07) is 4.75. The number of nitrogens with one attached hydrogen (secondary N) is 2. The minimum absolute atomic E-state index is 0.0247. The van der Waals surface area contributed by atoms with Crippen LogP contribution in [0.2, 0.25) is 0 Å². The second-order valence-electron chi connectivity index (χ2n) is 8.71. The first-order valence-electron chi connectivity index (χ1n) is 11.3. The molecule has 0 aromatic carbocycles. The fourth-order valence-electron chi connectivity index (χ4n) is 4.92. The van der Waals surface area contributed by atoms with E-state index >= 15 is 0 Å². The summed E-state index contributed by atoms with van der Waals surface area (Å²) >= 11 is 0. The molecule has 4 rings (SSSR count). The van der Waals surface area contributed by atoms with E-state index in [4.69, 9.17) is 0 Å². The van der Waals surface area contributed by atoms with Crippen LogP contribution < -0.4 is 10.6 Å². The van der Waals surface area contributed by atoms with Crippen molar-refractivity contribution in [3.05, 3.63) is 30.1 Å². The van der Waals surface area contributed by atoms with Crippen LogP contribution in [0.3, 0.4) is 0 Å². The van der Waals surface area contributed by atoms with E-state index in [1.54, 1.807) is 4.90 Å². The van der Waals surface area contributed by atoms with Gasteiger partial charge in [0.2, 0.25) is 5.91 Å². The first-order chi connectivity index (χ1) is 14.7. The van der Waals surface area contributed by atoms with Crippen molar-refractivity contribution in [1.82, 2.24) is 30.3 Å². The number of hydrogen-bond acceptors (Lipinski definition) is 5. The Kier molecular flexibility index (Phi) is 7.17. The summed E-state index contributed by atoms with van der Waals surface area (Å²) in [5, 5.41) is 5.85. The maximum absolute atomic E-state index is 12.7. The molecule has 3 aliphatic heterocycles. The molecule has 1 unspecified atom stereocenters. The van der Waals surface area contributed by atoms with Crippen LogP contribution in [-0.2, 0) is 11.3 Å². The molecule has 4 heterocycles. The van der Waals surface area contributed by atoms with E-state index in [1.807, 2.05) is 12.4 Å². The number of carbonyl (C=O) groups excluding carboxylic acids is 2. The van der Waals surface area contributed by atoms with Crippen LogP contribution in [0.1, 0.15) is 31.2 Å². The number of carbonyl (C=O) groups is 2. The number of likely N-dealkylation sites (tertiary alicyclic amines) is 2. The topological polar surface area (TPSA) is 80.8 Å². The molecule has 30 heavy (non-hydrogen) atoms. The van der Waals surface area contributed by atoms with Gasteiger partial charge in [0, 0.05) is 57.7 Å². The molecule has 3 aliphatic rings. The summed E-state index contributed by atoms with van der Waals surface area (Å²) in [7, 11) is 0. The van der Waals surface area contributed by atoms with E-state index in [1.165, 1.54) is 18.4 Å². The van der Waals surface area contributed by atoms with Crippen LogP contribution in [0.5, 0.6) is 0 Å². The highest BCUT2D eigenvalue weighted by molar-refractivity contribution is 5.79. The molecule has 164 valence electrons. The predicted molar refractivity (Wildman–Crippen MR) is 115 cm³/mol. The van der Waals surface area contributed by atoms with Crippen molar-refractivity contribution < 1.29 is 9.59 Å². The van der Waals surface area contributed by atoms with E-state index in [-0.39, 0.29) is 17.9 Å². The zero-order valence-electron chi connectivity index (χ0n) is 17.8. The number of rotatable bonds is 7. The van der Waals surface area contributed by atoms with Crippen LogP contribution in [0.15, 0.2) is 24.5 Å². The van der Waals surface area contributed by atoms with Gasteiger partial charge < -0.3 is 15.5 Å². The Bertz CT molecular complexity index is 707. The van der Waals surface area contributed by atoms with Gasteiger partial charge in [0.1, 0.15) is 0 Å². The molecule has 1 aromatic rings. The Labute approximate surface area is 179 Å².